The largest absolute Gasteiger partial charge is 0.480 e. The van der Waals surface area contributed by atoms with Crippen molar-refractivity contribution >= 4 is 35.4 Å². The Hall–Kier alpha value is -4.15. The number of nitrogens with two attached hydrogens (primary N) is 1. The molecule has 2 amide bonds. The van der Waals surface area contributed by atoms with Gasteiger partial charge in [-0.2, -0.15) is 0 Å². The maximum atomic E-state index is 12.7. The number of hydrogen-bond acceptors (Lipinski definition) is 8. The van der Waals surface area contributed by atoms with Crippen LogP contribution in [-0.2, 0) is 33.4 Å². The minimum Gasteiger partial charge on any atom is -0.480 e. The van der Waals surface area contributed by atoms with Crippen LogP contribution in [0.2, 0.25) is 0 Å². The molecule has 0 bridgehead atoms. The fraction of sp³-hybridized carbons (Fsp3) is 0.318. The average molecular weight is 461 g/mol. The van der Waals surface area contributed by atoms with Gasteiger partial charge in [0.15, 0.2) is 6.10 Å². The number of rotatable bonds is 14. The van der Waals surface area contributed by atoms with Crippen molar-refractivity contribution in [2.75, 3.05) is 24.6 Å². The van der Waals surface area contributed by atoms with Gasteiger partial charge in [0.1, 0.15) is 19.2 Å². The number of primary amides is 1. The number of aliphatic carboxylic acids is 1. The zero-order chi connectivity index (χ0) is 25.0. The van der Waals surface area contributed by atoms with Crippen molar-refractivity contribution in [2.24, 2.45) is 5.73 Å². The average Bonchev–Trinajstić information content (AvgIpc) is 2.75. The number of ether oxygens (including phenoxy) is 2. The van der Waals surface area contributed by atoms with Gasteiger partial charge in [0, 0.05) is 11.3 Å². The number of para-hydroxylation sites is 1. The fourth-order valence-corrected chi connectivity index (χ4v) is 2.60. The molecule has 0 aromatic heterocycles. The molecule has 33 heavy (non-hydrogen) atoms. The van der Waals surface area contributed by atoms with Gasteiger partial charge in [-0.1, -0.05) is 31.4 Å². The Labute approximate surface area is 190 Å². The predicted octanol–water partition coefficient (Wildman–Crippen LogP) is 0.155. The van der Waals surface area contributed by atoms with Gasteiger partial charge in [0.2, 0.25) is 11.8 Å². The summed E-state index contributed by atoms with van der Waals surface area (Å²) >= 11 is 0. The first kappa shape index (κ1) is 26.9. The molecular formula is C22H27N3O8. The van der Waals surface area contributed by atoms with E-state index >= 15 is 0 Å². The highest BCUT2D eigenvalue weighted by Gasteiger charge is 2.29. The molecule has 178 valence electrons. The lowest BCUT2D eigenvalue weighted by Gasteiger charge is -2.29. The summed E-state index contributed by atoms with van der Waals surface area (Å²) in [5.41, 5.74) is 5.77. The Morgan fingerprint density at radius 3 is 2.36 bits per heavy atom. The number of carbonyl (C=O) groups excluding carboxylic acids is 4. The Balaban J connectivity index is 3.13. The zero-order valence-electron chi connectivity index (χ0n) is 18.2. The van der Waals surface area contributed by atoms with Crippen LogP contribution in [0.15, 0.2) is 55.1 Å². The van der Waals surface area contributed by atoms with Crippen molar-refractivity contribution in [1.29, 1.82) is 0 Å². The normalized spacial score (nSPS) is 11.9. The van der Waals surface area contributed by atoms with E-state index in [-0.39, 0.29) is 12.1 Å². The van der Waals surface area contributed by atoms with Crippen LogP contribution in [0.5, 0.6) is 0 Å². The Bertz CT molecular complexity index is 900. The summed E-state index contributed by atoms with van der Waals surface area (Å²) in [6.07, 6.45) is -0.803. The molecule has 0 saturated heterocycles. The third-order valence-electron chi connectivity index (χ3n) is 4.09. The third kappa shape index (κ3) is 10.1. The summed E-state index contributed by atoms with van der Waals surface area (Å²) in [7, 11) is 0. The maximum absolute atomic E-state index is 12.7. The second kappa shape index (κ2) is 13.3. The summed E-state index contributed by atoms with van der Waals surface area (Å²) in [6.45, 7) is 7.12. The summed E-state index contributed by atoms with van der Waals surface area (Å²) in [6, 6.07) is 7.02. The lowest BCUT2D eigenvalue weighted by atomic mass is 10.2. The zero-order valence-corrected chi connectivity index (χ0v) is 18.2. The van der Waals surface area contributed by atoms with E-state index in [1.54, 1.807) is 30.3 Å². The number of anilines is 1. The quantitative estimate of drug-likeness (QED) is 0.258. The van der Waals surface area contributed by atoms with Crippen molar-refractivity contribution in [1.82, 2.24) is 5.32 Å². The highest BCUT2D eigenvalue weighted by molar-refractivity contribution is 5.93. The Morgan fingerprint density at radius 2 is 1.85 bits per heavy atom. The lowest BCUT2D eigenvalue weighted by Crippen LogP contribution is -2.47. The van der Waals surface area contributed by atoms with Crippen LogP contribution in [0.25, 0.3) is 0 Å². The topological polar surface area (TPSA) is 165 Å². The first-order chi connectivity index (χ1) is 15.5. The van der Waals surface area contributed by atoms with Gasteiger partial charge in [-0.05, 0) is 25.1 Å². The van der Waals surface area contributed by atoms with Crippen LogP contribution in [0.3, 0.4) is 0 Å². The number of carboxylic acids is 1. The van der Waals surface area contributed by atoms with Crippen LogP contribution in [0.1, 0.15) is 13.3 Å². The molecule has 1 unspecified atom stereocenters. The molecule has 0 aliphatic rings. The minimum absolute atomic E-state index is 0.107. The number of hydrogen-bond donors (Lipinski definition) is 3. The second-order valence-electron chi connectivity index (χ2n) is 6.98. The molecule has 1 aromatic carbocycles. The highest BCUT2D eigenvalue weighted by Crippen LogP contribution is 2.15. The summed E-state index contributed by atoms with van der Waals surface area (Å²) in [4.78, 5) is 60.2. The monoisotopic (exact) mass is 461 g/mol. The second-order valence-corrected chi connectivity index (χ2v) is 6.98. The van der Waals surface area contributed by atoms with E-state index in [9.17, 15) is 29.1 Å². The molecule has 0 spiro atoms. The van der Waals surface area contributed by atoms with Gasteiger partial charge in [-0.15, -0.1) is 0 Å². The van der Waals surface area contributed by atoms with Gasteiger partial charge in [-0.25, -0.2) is 9.59 Å². The maximum Gasteiger partial charge on any atom is 0.333 e. The smallest absolute Gasteiger partial charge is 0.333 e. The molecule has 0 aliphatic heterocycles. The van der Waals surface area contributed by atoms with Crippen LogP contribution < -0.4 is 16.0 Å². The van der Waals surface area contributed by atoms with E-state index in [0.717, 1.165) is 6.08 Å². The van der Waals surface area contributed by atoms with Crippen molar-refractivity contribution < 1.29 is 38.6 Å². The molecule has 4 N–H and O–H groups in total. The Kier molecular flexibility index (Phi) is 10.8. The molecule has 1 rings (SSSR count). The summed E-state index contributed by atoms with van der Waals surface area (Å²) in [5, 5.41) is 11.5. The predicted molar refractivity (Wildman–Crippen MR) is 118 cm³/mol. The van der Waals surface area contributed by atoms with Crippen molar-refractivity contribution in [3.63, 3.8) is 0 Å². The van der Waals surface area contributed by atoms with Crippen molar-refractivity contribution in [3.05, 3.63) is 55.1 Å². The van der Waals surface area contributed by atoms with E-state index in [4.69, 9.17) is 15.2 Å². The molecule has 0 aliphatic carbocycles. The van der Waals surface area contributed by atoms with Gasteiger partial charge in [0.05, 0.1) is 13.0 Å². The molecular weight excluding hydrogens is 434 g/mol. The van der Waals surface area contributed by atoms with Crippen LogP contribution in [0.4, 0.5) is 5.69 Å². The van der Waals surface area contributed by atoms with E-state index < -0.39 is 61.4 Å². The first-order valence-electron chi connectivity index (χ1n) is 9.79. The molecule has 2 atom stereocenters. The Morgan fingerprint density at radius 1 is 1.21 bits per heavy atom. The highest BCUT2D eigenvalue weighted by atomic mass is 16.6. The van der Waals surface area contributed by atoms with Crippen molar-refractivity contribution in [3.8, 4) is 0 Å². The molecule has 1 aromatic rings. The van der Waals surface area contributed by atoms with Gasteiger partial charge in [0.25, 0.3) is 0 Å². The van der Waals surface area contributed by atoms with Gasteiger partial charge in [-0.3, -0.25) is 14.4 Å². The van der Waals surface area contributed by atoms with Gasteiger partial charge < -0.3 is 30.5 Å². The lowest BCUT2D eigenvalue weighted by molar-refractivity contribution is -0.159. The number of benzene rings is 1. The number of amides is 2. The SMILES string of the molecule is C=CC(=O)N[C@@H](CC(N)=O)C(=O)OC(COC(=O)C(=C)C)CN(CC(=O)O)c1ccccc1. The number of nitrogens with one attached hydrogen (secondary N) is 1. The van der Waals surface area contributed by atoms with Crippen LogP contribution in [-0.4, -0.2) is 66.7 Å². The molecule has 0 heterocycles. The molecule has 0 fully saturated rings. The standard InChI is InChI=1S/C22H27N3O8/c1-4-19(27)24-17(10-18(23)26)22(31)33-16(13-32-21(30)14(2)3)11-25(12-20(28)29)15-8-6-5-7-9-15/h4-9,16-17H,1-2,10-13H2,3H3,(H2,23,26)(H,24,27)(H,28,29)/t16?,17-/m0/s1. The van der Waals surface area contributed by atoms with Crippen LogP contribution >= 0.6 is 0 Å². The molecule has 11 nitrogen and oxygen atoms in total. The first-order valence-corrected chi connectivity index (χ1v) is 9.79. The molecule has 0 saturated carbocycles. The molecule has 0 radical (unpaired) electrons. The number of nitrogens with zero attached hydrogens (tertiary/aromatic N) is 1. The number of carboxylic acid groups (broad SMARTS) is 1. The van der Waals surface area contributed by atoms with Crippen molar-refractivity contribution in [2.45, 2.75) is 25.5 Å². The van der Waals surface area contributed by atoms with E-state index in [1.807, 2.05) is 0 Å². The van der Waals surface area contributed by atoms with Gasteiger partial charge >= 0.3 is 17.9 Å². The summed E-state index contributed by atoms with van der Waals surface area (Å²) < 4.78 is 10.5. The molecule has 11 heteroatoms. The minimum atomic E-state index is -1.42. The third-order valence-corrected chi connectivity index (χ3v) is 4.09. The van der Waals surface area contributed by atoms with Crippen LogP contribution in [0, 0.1) is 0 Å². The van der Waals surface area contributed by atoms with E-state index in [2.05, 4.69) is 18.5 Å². The number of esters is 2. The summed E-state index contributed by atoms with van der Waals surface area (Å²) in [5.74, 6) is -4.52. The number of carbonyl (C=O) groups is 5. The fourth-order valence-electron chi connectivity index (χ4n) is 2.60. The van der Waals surface area contributed by atoms with E-state index in [1.165, 1.54) is 11.8 Å². The van der Waals surface area contributed by atoms with E-state index in [0.29, 0.717) is 5.69 Å².